The number of aromatic nitrogens is 1. The van der Waals surface area contributed by atoms with Gasteiger partial charge in [-0.3, -0.25) is 4.57 Å². The summed E-state index contributed by atoms with van der Waals surface area (Å²) in [5, 5.41) is 4.95. The Labute approximate surface area is 204 Å². The van der Waals surface area contributed by atoms with Crippen molar-refractivity contribution in [1.82, 2.24) is 4.57 Å². The van der Waals surface area contributed by atoms with Crippen LogP contribution in [0.5, 0.6) is 0 Å². The van der Waals surface area contributed by atoms with Crippen LogP contribution >= 0.6 is 23.2 Å². The number of nitrogens with zero attached hydrogens (tertiary/aromatic N) is 1. The Bertz CT molecular complexity index is 1410. The van der Waals surface area contributed by atoms with Gasteiger partial charge in [-0.25, -0.2) is 4.79 Å². The molecule has 3 aromatic carbocycles. The zero-order valence-electron chi connectivity index (χ0n) is 19.0. The number of benzene rings is 3. The SMILES string of the molecule is Cc1ccc(NC(=O)n2c(C#Cc3ccc(C(C)(C)C)cc3)cc3cc(Cl)ccc32)cc1Cl. The Hall–Kier alpha value is -3.19. The number of fused-ring (bicyclic) bond motifs is 1. The smallest absolute Gasteiger partial charge is 0.307 e. The van der Waals surface area contributed by atoms with Crippen molar-refractivity contribution >= 4 is 45.8 Å². The molecule has 0 spiro atoms. The molecule has 1 aromatic heterocycles. The second-order valence-electron chi connectivity index (χ2n) is 9.04. The van der Waals surface area contributed by atoms with Crippen LogP contribution in [0.25, 0.3) is 10.9 Å². The minimum atomic E-state index is -0.320. The van der Waals surface area contributed by atoms with Gasteiger partial charge < -0.3 is 5.32 Å². The van der Waals surface area contributed by atoms with E-state index < -0.39 is 0 Å². The third-order valence-electron chi connectivity index (χ3n) is 5.48. The van der Waals surface area contributed by atoms with Crippen molar-refractivity contribution in [3.63, 3.8) is 0 Å². The average molecular weight is 475 g/mol. The number of hydrogen-bond acceptors (Lipinski definition) is 1. The highest BCUT2D eigenvalue weighted by atomic mass is 35.5. The van der Waals surface area contributed by atoms with Crippen LogP contribution in [-0.2, 0) is 5.41 Å². The highest BCUT2D eigenvalue weighted by Crippen LogP contribution is 2.26. The van der Waals surface area contributed by atoms with Crippen LogP contribution in [-0.4, -0.2) is 10.6 Å². The van der Waals surface area contributed by atoms with Crippen LogP contribution in [0.2, 0.25) is 10.0 Å². The van der Waals surface area contributed by atoms with E-state index in [4.69, 9.17) is 23.2 Å². The highest BCUT2D eigenvalue weighted by Gasteiger charge is 2.16. The average Bonchev–Trinajstić information content (AvgIpc) is 3.12. The fraction of sp³-hybridized carbons (Fsp3) is 0.179. The number of hydrogen-bond donors (Lipinski definition) is 1. The zero-order valence-corrected chi connectivity index (χ0v) is 20.5. The molecule has 0 atom stereocenters. The van der Waals surface area contributed by atoms with Crippen LogP contribution in [0.1, 0.15) is 43.2 Å². The fourth-order valence-electron chi connectivity index (χ4n) is 3.54. The summed E-state index contributed by atoms with van der Waals surface area (Å²) in [5.41, 5.74) is 5.05. The van der Waals surface area contributed by atoms with Crippen LogP contribution in [0.3, 0.4) is 0 Å². The minimum Gasteiger partial charge on any atom is -0.307 e. The van der Waals surface area contributed by atoms with Crippen molar-refractivity contribution in [2.45, 2.75) is 33.1 Å². The maximum atomic E-state index is 13.3. The molecule has 0 bridgehead atoms. The van der Waals surface area contributed by atoms with Crippen molar-refractivity contribution in [2.24, 2.45) is 0 Å². The molecule has 3 nitrogen and oxygen atoms in total. The van der Waals surface area contributed by atoms with E-state index in [1.54, 1.807) is 16.7 Å². The largest absolute Gasteiger partial charge is 0.331 e. The van der Waals surface area contributed by atoms with E-state index in [0.717, 1.165) is 22.0 Å². The van der Waals surface area contributed by atoms with Gasteiger partial charge in [0.2, 0.25) is 0 Å². The maximum Gasteiger partial charge on any atom is 0.331 e. The first-order chi connectivity index (χ1) is 15.6. The quantitative estimate of drug-likeness (QED) is 0.278. The second-order valence-corrected chi connectivity index (χ2v) is 9.88. The van der Waals surface area contributed by atoms with Crippen LogP contribution < -0.4 is 5.32 Å². The second kappa shape index (κ2) is 8.98. The Morgan fingerprint density at radius 1 is 0.909 bits per heavy atom. The molecule has 0 unspecified atom stereocenters. The van der Waals surface area contributed by atoms with Crippen LogP contribution in [0, 0.1) is 18.8 Å². The third-order valence-corrected chi connectivity index (χ3v) is 6.12. The van der Waals surface area contributed by atoms with Crippen LogP contribution in [0.15, 0.2) is 66.7 Å². The summed E-state index contributed by atoms with van der Waals surface area (Å²) in [6, 6.07) is 20.6. The summed E-state index contributed by atoms with van der Waals surface area (Å²) in [7, 11) is 0. The Morgan fingerprint density at radius 3 is 2.30 bits per heavy atom. The lowest BCUT2D eigenvalue weighted by Crippen LogP contribution is -2.20. The van der Waals surface area contributed by atoms with E-state index >= 15 is 0 Å². The highest BCUT2D eigenvalue weighted by molar-refractivity contribution is 6.32. The first-order valence-electron chi connectivity index (χ1n) is 10.6. The van der Waals surface area contributed by atoms with Gasteiger partial charge in [0.1, 0.15) is 5.69 Å². The van der Waals surface area contributed by atoms with Gasteiger partial charge in [-0.2, -0.15) is 0 Å². The standard InChI is InChI=1S/C28H24Cl2N2O/c1-18-5-12-23(17-25(18)30)31-27(33)32-24(16-20-15-22(29)11-14-26(20)32)13-8-19-6-9-21(10-7-19)28(2,3)4/h5-7,9-12,14-17H,1-4H3,(H,31,33). The van der Waals surface area contributed by atoms with E-state index in [-0.39, 0.29) is 11.4 Å². The van der Waals surface area contributed by atoms with Crippen molar-refractivity contribution in [1.29, 1.82) is 0 Å². The lowest BCUT2D eigenvalue weighted by atomic mass is 9.87. The molecule has 166 valence electrons. The summed E-state index contributed by atoms with van der Waals surface area (Å²) in [4.78, 5) is 13.3. The molecule has 1 heterocycles. The van der Waals surface area contributed by atoms with Gasteiger partial charge in [0.15, 0.2) is 0 Å². The Morgan fingerprint density at radius 2 is 1.64 bits per heavy atom. The third kappa shape index (κ3) is 5.09. The predicted octanol–water partition coefficient (Wildman–Crippen LogP) is 8.03. The number of halogens is 2. The van der Waals surface area contributed by atoms with E-state index in [1.807, 2.05) is 49.4 Å². The molecular weight excluding hydrogens is 451 g/mol. The van der Waals surface area contributed by atoms with Gasteiger partial charge in [-0.1, -0.05) is 68.1 Å². The molecule has 0 radical (unpaired) electrons. The van der Waals surface area contributed by atoms with E-state index in [1.165, 1.54) is 5.56 Å². The minimum absolute atomic E-state index is 0.0780. The monoisotopic (exact) mass is 474 g/mol. The molecule has 0 saturated heterocycles. The van der Waals surface area contributed by atoms with Crippen molar-refractivity contribution in [3.05, 3.63) is 99.2 Å². The van der Waals surface area contributed by atoms with Gasteiger partial charge in [-0.15, -0.1) is 0 Å². The van der Waals surface area contributed by atoms with Gasteiger partial charge in [0.25, 0.3) is 0 Å². The maximum absolute atomic E-state index is 13.3. The molecular formula is C28H24Cl2N2O. The summed E-state index contributed by atoms with van der Waals surface area (Å²) < 4.78 is 1.57. The first kappa shape index (κ1) is 23.0. The molecule has 33 heavy (non-hydrogen) atoms. The lowest BCUT2D eigenvalue weighted by molar-refractivity contribution is 0.254. The Balaban J connectivity index is 1.73. The molecule has 1 amide bonds. The number of anilines is 1. The topological polar surface area (TPSA) is 34.0 Å². The van der Waals surface area contributed by atoms with Gasteiger partial charge in [-0.05, 0) is 77.9 Å². The summed E-state index contributed by atoms with van der Waals surface area (Å²) in [6.07, 6.45) is 0. The molecule has 1 N–H and O–H groups in total. The Kier molecular flexibility index (Phi) is 6.26. The van der Waals surface area contributed by atoms with Crippen molar-refractivity contribution in [2.75, 3.05) is 5.32 Å². The normalized spacial score (nSPS) is 11.2. The summed E-state index contributed by atoms with van der Waals surface area (Å²) >= 11 is 12.4. The van der Waals surface area contributed by atoms with Crippen molar-refractivity contribution in [3.8, 4) is 11.8 Å². The van der Waals surface area contributed by atoms with Gasteiger partial charge in [0.05, 0.1) is 5.52 Å². The first-order valence-corrected chi connectivity index (χ1v) is 11.4. The van der Waals surface area contributed by atoms with E-state index in [0.29, 0.717) is 21.4 Å². The molecule has 0 saturated carbocycles. The summed E-state index contributed by atoms with van der Waals surface area (Å²) in [5.74, 6) is 6.35. The number of carbonyl (C=O) groups excluding carboxylic acids is 1. The molecule has 0 aliphatic rings. The number of carbonyl (C=O) groups is 1. The van der Waals surface area contributed by atoms with E-state index in [9.17, 15) is 4.79 Å². The molecule has 4 aromatic rings. The molecule has 4 rings (SSSR count). The number of amides is 1. The van der Waals surface area contributed by atoms with Gasteiger partial charge >= 0.3 is 6.03 Å². The summed E-state index contributed by atoms with van der Waals surface area (Å²) in [6.45, 7) is 8.45. The molecule has 0 aliphatic heterocycles. The van der Waals surface area contributed by atoms with Crippen molar-refractivity contribution < 1.29 is 4.79 Å². The lowest BCUT2D eigenvalue weighted by Gasteiger charge is -2.18. The number of rotatable bonds is 1. The van der Waals surface area contributed by atoms with Crippen LogP contribution in [0.4, 0.5) is 10.5 Å². The molecule has 0 aliphatic carbocycles. The zero-order chi connectivity index (χ0) is 23.8. The molecule has 0 fully saturated rings. The van der Waals surface area contributed by atoms with Gasteiger partial charge in [0, 0.05) is 26.7 Å². The fourth-order valence-corrected chi connectivity index (χ4v) is 3.90. The number of aryl methyl sites for hydroxylation is 1. The number of nitrogens with one attached hydrogen (secondary N) is 1. The van der Waals surface area contributed by atoms with E-state index in [2.05, 4.69) is 50.1 Å². The molecule has 5 heteroatoms. The predicted molar refractivity (Wildman–Crippen MR) is 139 cm³/mol.